The van der Waals surface area contributed by atoms with Crippen LogP contribution in [0.5, 0.6) is 0 Å². The quantitative estimate of drug-likeness (QED) is 0.368. The van der Waals surface area contributed by atoms with Gasteiger partial charge in [-0.15, -0.1) is 0 Å². The Morgan fingerprint density at radius 2 is 1.44 bits per heavy atom. The summed E-state index contributed by atoms with van der Waals surface area (Å²) in [6.45, 7) is 3.85. The van der Waals surface area contributed by atoms with E-state index in [1.165, 1.54) is 0 Å². The number of fused-ring (bicyclic) bond motifs is 4. The van der Waals surface area contributed by atoms with Crippen LogP contribution in [0.2, 0.25) is 0 Å². The van der Waals surface area contributed by atoms with E-state index in [2.05, 4.69) is 0 Å². The minimum atomic E-state index is -0.201. The molecule has 0 saturated heterocycles. The number of benzene rings is 3. The van der Waals surface area contributed by atoms with E-state index in [-0.39, 0.29) is 5.56 Å². The van der Waals surface area contributed by atoms with Crippen molar-refractivity contribution in [2.45, 2.75) is 13.8 Å². The van der Waals surface area contributed by atoms with Crippen molar-refractivity contribution in [1.82, 2.24) is 24.2 Å². The average Bonchev–Trinajstić information content (AvgIpc) is 3.15. The number of aromatic nitrogens is 5. The second-order valence-electron chi connectivity index (χ2n) is 8.13. The van der Waals surface area contributed by atoms with Gasteiger partial charge in [-0.1, -0.05) is 54.6 Å². The minimum Gasteiger partial charge on any atom is -0.268 e. The molecule has 0 aliphatic rings. The molecule has 0 radical (unpaired) electrons. The second-order valence-corrected chi connectivity index (χ2v) is 8.13. The second kappa shape index (κ2) is 7.74. The van der Waals surface area contributed by atoms with E-state index in [4.69, 9.17) is 20.1 Å². The van der Waals surface area contributed by atoms with Crippen molar-refractivity contribution >= 4 is 39.4 Å². The van der Waals surface area contributed by atoms with Crippen LogP contribution in [-0.2, 0) is 0 Å². The molecule has 0 unspecified atom stereocenters. The van der Waals surface area contributed by atoms with E-state index in [1.54, 1.807) is 15.5 Å². The molecule has 34 heavy (non-hydrogen) atoms. The van der Waals surface area contributed by atoms with Crippen LogP contribution < -0.4 is 5.56 Å². The van der Waals surface area contributed by atoms with E-state index >= 15 is 0 Å². The van der Waals surface area contributed by atoms with E-state index in [0.29, 0.717) is 33.5 Å². The fourth-order valence-corrected chi connectivity index (χ4v) is 4.22. The van der Waals surface area contributed by atoms with Crippen molar-refractivity contribution in [2.24, 2.45) is 5.10 Å². The van der Waals surface area contributed by atoms with E-state index in [0.717, 1.165) is 22.3 Å². The van der Waals surface area contributed by atoms with E-state index in [9.17, 15) is 4.79 Å². The summed E-state index contributed by atoms with van der Waals surface area (Å²) in [5.74, 6) is 0.559. The highest BCUT2D eigenvalue weighted by Crippen LogP contribution is 2.26. The van der Waals surface area contributed by atoms with Crippen LogP contribution in [0.1, 0.15) is 17.0 Å². The predicted molar refractivity (Wildman–Crippen MR) is 135 cm³/mol. The van der Waals surface area contributed by atoms with Crippen LogP contribution in [0.3, 0.4) is 0 Å². The normalized spacial score (nSPS) is 11.8. The Balaban J connectivity index is 1.73. The maximum atomic E-state index is 13.8. The van der Waals surface area contributed by atoms with Gasteiger partial charge in [-0.05, 0) is 49.2 Å². The summed E-state index contributed by atoms with van der Waals surface area (Å²) in [6, 6.07) is 25.1. The molecule has 7 nitrogen and oxygen atoms in total. The van der Waals surface area contributed by atoms with Crippen molar-refractivity contribution in [3.8, 4) is 5.69 Å². The molecule has 0 fully saturated rings. The lowest BCUT2D eigenvalue weighted by molar-refractivity contribution is 0.865. The monoisotopic (exact) mass is 444 g/mol. The van der Waals surface area contributed by atoms with Gasteiger partial charge in [0.15, 0.2) is 11.3 Å². The van der Waals surface area contributed by atoms with Crippen LogP contribution in [0.4, 0.5) is 0 Å². The Hall–Kier alpha value is -4.65. The number of nitrogens with zero attached hydrogens (tertiary/aromatic N) is 6. The third-order valence-corrected chi connectivity index (χ3v) is 5.94. The topological polar surface area (TPSA) is 78.0 Å². The van der Waals surface area contributed by atoms with Gasteiger partial charge in [0, 0.05) is 0 Å². The van der Waals surface area contributed by atoms with Crippen molar-refractivity contribution in [2.75, 3.05) is 0 Å². The molecule has 0 aliphatic heterocycles. The molecule has 0 bridgehead atoms. The SMILES string of the molecule is Cc1ccccc1C=Nn1c2nc3ccccc3nc2c2c(=O)n(-c3ccccc3)c(C)nc21. The van der Waals surface area contributed by atoms with Gasteiger partial charge in [-0.25, -0.2) is 15.0 Å². The highest BCUT2D eigenvalue weighted by atomic mass is 16.1. The Kier molecular flexibility index (Phi) is 4.55. The lowest BCUT2D eigenvalue weighted by Gasteiger charge is -2.09. The van der Waals surface area contributed by atoms with Crippen LogP contribution in [0.15, 0.2) is 88.8 Å². The lowest BCUT2D eigenvalue weighted by Crippen LogP contribution is -2.22. The van der Waals surface area contributed by atoms with Gasteiger partial charge in [-0.3, -0.25) is 9.36 Å². The summed E-state index contributed by atoms with van der Waals surface area (Å²) in [5, 5.41) is 5.12. The minimum absolute atomic E-state index is 0.201. The molecule has 0 atom stereocenters. The highest BCUT2D eigenvalue weighted by molar-refractivity contribution is 6.05. The average molecular weight is 444 g/mol. The van der Waals surface area contributed by atoms with Crippen LogP contribution in [0.25, 0.3) is 38.9 Å². The zero-order valence-corrected chi connectivity index (χ0v) is 18.7. The van der Waals surface area contributed by atoms with Gasteiger partial charge in [0.2, 0.25) is 0 Å². The Labute approximate surface area is 194 Å². The lowest BCUT2D eigenvalue weighted by atomic mass is 10.1. The maximum Gasteiger partial charge on any atom is 0.269 e. The summed E-state index contributed by atoms with van der Waals surface area (Å²) in [7, 11) is 0. The molecule has 0 spiro atoms. The summed E-state index contributed by atoms with van der Waals surface area (Å²) in [5.41, 5.74) is 5.47. The Bertz CT molecular complexity index is 1800. The van der Waals surface area contributed by atoms with Gasteiger partial charge >= 0.3 is 0 Å². The Morgan fingerprint density at radius 3 is 2.21 bits per heavy atom. The maximum absolute atomic E-state index is 13.8. The van der Waals surface area contributed by atoms with Crippen molar-refractivity contribution in [1.29, 1.82) is 0 Å². The molecular formula is C27H20N6O. The van der Waals surface area contributed by atoms with Crippen LogP contribution >= 0.6 is 0 Å². The fourth-order valence-electron chi connectivity index (χ4n) is 4.22. The molecule has 0 saturated carbocycles. The zero-order chi connectivity index (χ0) is 23.2. The highest BCUT2D eigenvalue weighted by Gasteiger charge is 2.21. The fraction of sp³-hybridized carbons (Fsp3) is 0.0741. The van der Waals surface area contributed by atoms with Gasteiger partial charge in [0.25, 0.3) is 5.56 Å². The third-order valence-electron chi connectivity index (χ3n) is 5.94. The first-order valence-electron chi connectivity index (χ1n) is 11.0. The number of hydrogen-bond donors (Lipinski definition) is 0. The molecule has 3 aromatic heterocycles. The summed E-state index contributed by atoms with van der Waals surface area (Å²) in [4.78, 5) is 28.3. The van der Waals surface area contributed by atoms with Gasteiger partial charge in [0.1, 0.15) is 16.7 Å². The van der Waals surface area contributed by atoms with Gasteiger partial charge in [-0.2, -0.15) is 9.78 Å². The van der Waals surface area contributed by atoms with E-state index < -0.39 is 0 Å². The third kappa shape index (κ3) is 3.09. The Morgan fingerprint density at radius 1 is 0.765 bits per heavy atom. The van der Waals surface area contributed by atoms with E-state index in [1.807, 2.05) is 92.7 Å². The first-order valence-corrected chi connectivity index (χ1v) is 11.0. The molecule has 6 aromatic rings. The van der Waals surface area contributed by atoms with Gasteiger partial charge < -0.3 is 0 Å². The van der Waals surface area contributed by atoms with Crippen molar-refractivity contribution in [3.05, 3.63) is 106 Å². The number of rotatable bonds is 3. The summed E-state index contributed by atoms with van der Waals surface area (Å²) in [6.07, 6.45) is 1.77. The van der Waals surface area contributed by atoms with Crippen LogP contribution in [-0.4, -0.2) is 30.4 Å². The standard InChI is InChI=1S/C27H20N6O/c1-17-10-6-7-11-19(17)16-28-33-25-23(24-26(33)31-22-15-9-8-14-21(22)30-24)27(34)32(18(2)29-25)20-12-4-3-5-13-20/h3-16H,1-2H3. The number of hydrogen-bond acceptors (Lipinski definition) is 5. The molecule has 3 aromatic carbocycles. The summed E-state index contributed by atoms with van der Waals surface area (Å²) < 4.78 is 3.23. The molecule has 6 rings (SSSR count). The number of aryl methyl sites for hydroxylation is 2. The molecule has 0 amide bonds. The van der Waals surface area contributed by atoms with Crippen molar-refractivity contribution in [3.63, 3.8) is 0 Å². The molecule has 0 aliphatic carbocycles. The number of para-hydroxylation sites is 3. The molecule has 164 valence electrons. The van der Waals surface area contributed by atoms with Crippen LogP contribution in [0, 0.1) is 13.8 Å². The largest absolute Gasteiger partial charge is 0.269 e. The molecule has 3 heterocycles. The first-order chi connectivity index (χ1) is 16.6. The van der Waals surface area contributed by atoms with Crippen molar-refractivity contribution < 1.29 is 0 Å². The predicted octanol–water partition coefficient (Wildman–Crippen LogP) is 4.78. The zero-order valence-electron chi connectivity index (χ0n) is 18.7. The molecular weight excluding hydrogens is 424 g/mol. The van der Waals surface area contributed by atoms with Gasteiger partial charge in [0.05, 0.1) is 22.9 Å². The molecule has 0 N–H and O–H groups in total. The molecule has 7 heteroatoms. The first kappa shape index (κ1) is 20.0. The summed E-state index contributed by atoms with van der Waals surface area (Å²) >= 11 is 0. The smallest absolute Gasteiger partial charge is 0.268 e.